The predicted octanol–water partition coefficient (Wildman–Crippen LogP) is 2.59. The number of pyridine rings is 1. The summed E-state index contributed by atoms with van der Waals surface area (Å²) in [6, 6.07) is 15.5. The van der Waals surface area contributed by atoms with E-state index < -0.39 is 0 Å². The Hall–Kier alpha value is -2.69. The molecule has 5 nitrogen and oxygen atoms in total. The van der Waals surface area contributed by atoms with Crippen molar-refractivity contribution in [1.29, 1.82) is 0 Å². The van der Waals surface area contributed by atoms with E-state index in [4.69, 9.17) is 0 Å². The van der Waals surface area contributed by atoms with E-state index in [1.807, 2.05) is 49.4 Å². The number of hydrogen-bond donors (Lipinski definition) is 1. The minimum atomic E-state index is -0.235. The number of amides is 2. The third kappa shape index (κ3) is 3.79. The Morgan fingerprint density at radius 3 is 2.62 bits per heavy atom. The van der Waals surface area contributed by atoms with Gasteiger partial charge in [0.05, 0.1) is 6.54 Å². The molecule has 1 heterocycles. The van der Waals surface area contributed by atoms with Crippen LogP contribution in [0.3, 0.4) is 0 Å². The standard InChI is InChI=1S/C19H21N3O2/c1-13-7-6-10-17(20-13)21-18(23)12-22(2)19(24)16-11-15(16)14-8-4-3-5-9-14/h3-10,15-16H,11-12H2,1-2H3,(H,20,21,23). The molecule has 2 amide bonds. The first-order chi connectivity index (χ1) is 11.5. The van der Waals surface area contributed by atoms with Gasteiger partial charge in [-0.25, -0.2) is 4.98 Å². The fourth-order valence-electron chi connectivity index (χ4n) is 2.91. The Balaban J connectivity index is 1.52. The Labute approximate surface area is 141 Å². The number of aryl methyl sites for hydroxylation is 1. The minimum Gasteiger partial charge on any atom is -0.336 e. The molecule has 0 radical (unpaired) electrons. The molecule has 5 heteroatoms. The molecule has 1 fully saturated rings. The largest absolute Gasteiger partial charge is 0.336 e. The summed E-state index contributed by atoms with van der Waals surface area (Å²) in [6.07, 6.45) is 0.855. The van der Waals surface area contributed by atoms with Crippen LogP contribution >= 0.6 is 0 Å². The lowest BCUT2D eigenvalue weighted by atomic mass is 10.1. The van der Waals surface area contributed by atoms with Crippen molar-refractivity contribution >= 4 is 17.6 Å². The quantitative estimate of drug-likeness (QED) is 0.920. The molecule has 124 valence electrons. The summed E-state index contributed by atoms with van der Waals surface area (Å²) in [5, 5.41) is 2.73. The molecule has 2 atom stereocenters. The van der Waals surface area contributed by atoms with Gasteiger partial charge in [-0.2, -0.15) is 0 Å². The number of carbonyl (C=O) groups is 2. The molecule has 1 N–H and O–H groups in total. The van der Waals surface area contributed by atoms with Crippen molar-refractivity contribution in [2.75, 3.05) is 18.9 Å². The monoisotopic (exact) mass is 323 g/mol. The summed E-state index contributed by atoms with van der Waals surface area (Å²) in [7, 11) is 1.67. The molecule has 0 bridgehead atoms. The van der Waals surface area contributed by atoms with Gasteiger partial charge in [0, 0.05) is 18.7 Å². The smallest absolute Gasteiger partial charge is 0.245 e. The summed E-state index contributed by atoms with van der Waals surface area (Å²) >= 11 is 0. The first kappa shape index (κ1) is 16.2. The number of aromatic nitrogens is 1. The van der Waals surface area contributed by atoms with E-state index in [1.165, 1.54) is 10.5 Å². The van der Waals surface area contributed by atoms with Crippen LogP contribution in [-0.4, -0.2) is 35.3 Å². The minimum absolute atomic E-state index is 0.0118. The third-order valence-electron chi connectivity index (χ3n) is 4.25. The van der Waals surface area contributed by atoms with E-state index in [0.29, 0.717) is 5.82 Å². The molecule has 1 aromatic carbocycles. The number of rotatable bonds is 5. The van der Waals surface area contributed by atoms with E-state index in [1.54, 1.807) is 13.1 Å². The molecule has 1 aliphatic rings. The molecule has 0 spiro atoms. The number of hydrogen-bond acceptors (Lipinski definition) is 3. The summed E-state index contributed by atoms with van der Waals surface area (Å²) < 4.78 is 0. The van der Waals surface area contributed by atoms with E-state index in [-0.39, 0.29) is 30.2 Å². The lowest BCUT2D eigenvalue weighted by Crippen LogP contribution is -2.36. The molecule has 2 unspecified atom stereocenters. The van der Waals surface area contributed by atoms with Crippen molar-refractivity contribution in [2.24, 2.45) is 5.92 Å². The zero-order valence-electron chi connectivity index (χ0n) is 13.9. The fourth-order valence-corrected chi connectivity index (χ4v) is 2.91. The van der Waals surface area contributed by atoms with Gasteiger partial charge in [0.1, 0.15) is 5.82 Å². The van der Waals surface area contributed by atoms with Gasteiger partial charge in [-0.15, -0.1) is 0 Å². The summed E-state index contributed by atoms with van der Waals surface area (Å²) in [5.41, 5.74) is 2.03. The Morgan fingerprint density at radius 2 is 1.92 bits per heavy atom. The number of anilines is 1. The second-order valence-electron chi connectivity index (χ2n) is 6.27. The van der Waals surface area contributed by atoms with Crippen LogP contribution < -0.4 is 5.32 Å². The highest BCUT2D eigenvalue weighted by Gasteiger charge is 2.45. The van der Waals surface area contributed by atoms with Crippen molar-refractivity contribution in [1.82, 2.24) is 9.88 Å². The van der Waals surface area contributed by atoms with Crippen molar-refractivity contribution in [3.05, 3.63) is 59.8 Å². The van der Waals surface area contributed by atoms with Gasteiger partial charge in [-0.05, 0) is 37.0 Å². The topological polar surface area (TPSA) is 62.3 Å². The molecule has 24 heavy (non-hydrogen) atoms. The van der Waals surface area contributed by atoms with E-state index >= 15 is 0 Å². The first-order valence-corrected chi connectivity index (χ1v) is 8.08. The van der Waals surface area contributed by atoms with Crippen molar-refractivity contribution < 1.29 is 9.59 Å². The van der Waals surface area contributed by atoms with Gasteiger partial charge in [0.25, 0.3) is 0 Å². The number of nitrogens with one attached hydrogen (secondary N) is 1. The van der Waals surface area contributed by atoms with Crippen molar-refractivity contribution in [3.63, 3.8) is 0 Å². The van der Waals surface area contributed by atoms with E-state index in [2.05, 4.69) is 10.3 Å². The van der Waals surface area contributed by atoms with Crippen LogP contribution in [0.15, 0.2) is 48.5 Å². The third-order valence-corrected chi connectivity index (χ3v) is 4.25. The van der Waals surface area contributed by atoms with Crippen LogP contribution in [0.5, 0.6) is 0 Å². The summed E-state index contributed by atoms with van der Waals surface area (Å²) in [5.74, 6) is 0.566. The van der Waals surface area contributed by atoms with E-state index in [0.717, 1.165) is 12.1 Å². The van der Waals surface area contributed by atoms with Crippen molar-refractivity contribution in [3.8, 4) is 0 Å². The molecule has 1 saturated carbocycles. The zero-order valence-corrected chi connectivity index (χ0v) is 13.9. The van der Waals surface area contributed by atoms with Gasteiger partial charge in [0.15, 0.2) is 0 Å². The maximum absolute atomic E-state index is 12.5. The predicted molar refractivity (Wildman–Crippen MR) is 92.5 cm³/mol. The highest BCUT2D eigenvalue weighted by molar-refractivity contribution is 5.94. The fraction of sp³-hybridized carbons (Fsp3) is 0.316. The molecule has 0 saturated heterocycles. The Kier molecular flexibility index (Phi) is 4.60. The zero-order chi connectivity index (χ0) is 17.1. The van der Waals surface area contributed by atoms with Gasteiger partial charge in [-0.3, -0.25) is 9.59 Å². The van der Waals surface area contributed by atoms with Crippen LogP contribution in [0.1, 0.15) is 23.6 Å². The van der Waals surface area contributed by atoms with Gasteiger partial charge in [-0.1, -0.05) is 36.4 Å². The molecule has 1 aliphatic carbocycles. The molecular weight excluding hydrogens is 302 g/mol. The van der Waals surface area contributed by atoms with Gasteiger partial charge >= 0.3 is 0 Å². The molecule has 3 rings (SSSR count). The second kappa shape index (κ2) is 6.83. The first-order valence-electron chi connectivity index (χ1n) is 8.08. The Morgan fingerprint density at radius 1 is 1.17 bits per heavy atom. The number of carbonyl (C=O) groups excluding carboxylic acids is 2. The summed E-state index contributed by atoms with van der Waals surface area (Å²) in [4.78, 5) is 30.3. The number of likely N-dealkylation sites (N-methyl/N-ethyl adjacent to an activating group) is 1. The number of benzene rings is 1. The van der Waals surface area contributed by atoms with Gasteiger partial charge in [0.2, 0.25) is 11.8 Å². The van der Waals surface area contributed by atoms with Gasteiger partial charge < -0.3 is 10.2 Å². The normalized spacial score (nSPS) is 18.8. The SMILES string of the molecule is Cc1cccc(NC(=O)CN(C)C(=O)C2CC2c2ccccc2)n1. The maximum atomic E-state index is 12.5. The molecule has 1 aromatic heterocycles. The average Bonchev–Trinajstić information content (AvgIpc) is 3.35. The average molecular weight is 323 g/mol. The molecule has 0 aliphatic heterocycles. The van der Waals surface area contributed by atoms with Crippen LogP contribution in [0.25, 0.3) is 0 Å². The molecular formula is C19H21N3O2. The lowest BCUT2D eigenvalue weighted by molar-refractivity contribution is -0.134. The summed E-state index contributed by atoms with van der Waals surface area (Å²) in [6.45, 7) is 1.90. The van der Waals surface area contributed by atoms with Crippen molar-refractivity contribution in [2.45, 2.75) is 19.3 Å². The van der Waals surface area contributed by atoms with Crippen LogP contribution in [0.2, 0.25) is 0 Å². The van der Waals surface area contributed by atoms with Crippen LogP contribution in [0, 0.1) is 12.8 Å². The number of nitrogens with zero attached hydrogens (tertiary/aromatic N) is 2. The van der Waals surface area contributed by atoms with Crippen LogP contribution in [0.4, 0.5) is 5.82 Å². The highest BCUT2D eigenvalue weighted by Crippen LogP contribution is 2.48. The highest BCUT2D eigenvalue weighted by atomic mass is 16.2. The maximum Gasteiger partial charge on any atom is 0.245 e. The Bertz CT molecular complexity index is 745. The van der Waals surface area contributed by atoms with Crippen LogP contribution in [-0.2, 0) is 9.59 Å². The van der Waals surface area contributed by atoms with E-state index in [9.17, 15) is 9.59 Å². The second-order valence-corrected chi connectivity index (χ2v) is 6.27. The molecule has 2 aromatic rings. The lowest BCUT2D eigenvalue weighted by Gasteiger charge is -2.17.